The van der Waals surface area contributed by atoms with Crippen molar-refractivity contribution in [3.63, 3.8) is 0 Å². The molecule has 0 fully saturated rings. The zero-order valence-corrected chi connectivity index (χ0v) is 42.3. The Hall–Kier alpha value is -1.14. The molecule has 6 heteroatoms. The lowest BCUT2D eigenvalue weighted by molar-refractivity contribution is -0.151. The normalized spacial score (nSPS) is 13.0. The van der Waals surface area contributed by atoms with Crippen LogP contribution in [0.1, 0.15) is 323 Å². The minimum atomic E-state index is -0.780. The highest BCUT2D eigenvalue weighted by Gasteiger charge is 2.24. The van der Waals surface area contributed by atoms with Gasteiger partial charge in [-0.25, -0.2) is 0 Å². The predicted octanol–water partition coefficient (Wildman–Crippen LogP) is 17.1. The first kappa shape index (κ1) is 60.9. The molecule has 0 aromatic heterocycles. The summed E-state index contributed by atoms with van der Waals surface area (Å²) in [6, 6.07) is -0.693. The number of carbonyl (C=O) groups is 2. The summed E-state index contributed by atoms with van der Waals surface area (Å²) >= 11 is 0. The van der Waals surface area contributed by atoms with E-state index in [2.05, 4.69) is 26.1 Å². The van der Waals surface area contributed by atoms with Crippen LogP contribution in [-0.4, -0.2) is 46.9 Å². The zero-order chi connectivity index (χ0) is 45.2. The molecule has 3 atom stereocenters. The summed E-state index contributed by atoms with van der Waals surface area (Å²) in [5, 5.41) is 23.9. The molecule has 3 N–H and O–H groups in total. The second-order valence-corrected chi connectivity index (χ2v) is 19.7. The molecule has 6 nitrogen and oxygen atoms in total. The molecule has 0 saturated carbocycles. The van der Waals surface area contributed by atoms with Gasteiger partial charge in [-0.1, -0.05) is 284 Å². The van der Waals surface area contributed by atoms with Gasteiger partial charge in [-0.15, -0.1) is 0 Å². The molecule has 3 unspecified atom stereocenters. The lowest BCUT2D eigenvalue weighted by atomic mass is 10.0. The predicted molar refractivity (Wildman–Crippen MR) is 269 cm³/mol. The fraction of sp³-hybridized carbons (Fsp3) is 0.964. The Morgan fingerprint density at radius 2 is 0.677 bits per heavy atom. The van der Waals surface area contributed by atoms with Gasteiger partial charge in [0.2, 0.25) is 5.91 Å². The van der Waals surface area contributed by atoms with E-state index < -0.39 is 18.2 Å². The monoisotopic (exact) mass is 878 g/mol. The van der Waals surface area contributed by atoms with Crippen molar-refractivity contribution >= 4 is 11.9 Å². The SMILES string of the molecule is CCCCCCCCCCCCCCCCCCCC(O)C(CO)NC(=O)CC(CCCCCCCCCCCCCCCCC)OC(=O)CCCCCCCCCCCCC. The van der Waals surface area contributed by atoms with Crippen molar-refractivity contribution in [1.82, 2.24) is 5.32 Å². The third-order valence-corrected chi connectivity index (χ3v) is 13.4. The number of esters is 1. The van der Waals surface area contributed by atoms with E-state index in [1.54, 1.807) is 0 Å². The summed E-state index contributed by atoms with van der Waals surface area (Å²) < 4.78 is 5.95. The van der Waals surface area contributed by atoms with Gasteiger partial charge in [-0.05, 0) is 25.7 Å². The Bertz CT molecular complexity index is 898. The van der Waals surface area contributed by atoms with Crippen LogP contribution in [-0.2, 0) is 14.3 Å². The van der Waals surface area contributed by atoms with Gasteiger partial charge < -0.3 is 20.3 Å². The fourth-order valence-corrected chi connectivity index (χ4v) is 9.14. The molecule has 0 aliphatic carbocycles. The summed E-state index contributed by atoms with van der Waals surface area (Å²) in [5.74, 6) is -0.448. The largest absolute Gasteiger partial charge is 0.462 e. The van der Waals surface area contributed by atoms with Gasteiger partial charge in [0.15, 0.2) is 0 Å². The van der Waals surface area contributed by atoms with Gasteiger partial charge in [0.25, 0.3) is 0 Å². The Morgan fingerprint density at radius 1 is 0.403 bits per heavy atom. The molecule has 0 aliphatic heterocycles. The summed E-state index contributed by atoms with van der Waals surface area (Å²) in [7, 11) is 0. The summed E-state index contributed by atoms with van der Waals surface area (Å²) in [6.07, 6.45) is 55.9. The van der Waals surface area contributed by atoms with Crippen LogP contribution in [0.25, 0.3) is 0 Å². The van der Waals surface area contributed by atoms with E-state index >= 15 is 0 Å². The van der Waals surface area contributed by atoms with E-state index in [4.69, 9.17) is 4.74 Å². The second kappa shape index (κ2) is 50.9. The average Bonchev–Trinajstić information content (AvgIpc) is 3.26. The first-order chi connectivity index (χ1) is 30.5. The minimum Gasteiger partial charge on any atom is -0.462 e. The van der Waals surface area contributed by atoms with Crippen molar-refractivity contribution in [2.24, 2.45) is 0 Å². The third kappa shape index (κ3) is 45.4. The number of carbonyl (C=O) groups excluding carboxylic acids is 2. The molecule has 370 valence electrons. The van der Waals surface area contributed by atoms with Crippen LogP contribution < -0.4 is 5.32 Å². The van der Waals surface area contributed by atoms with Crippen molar-refractivity contribution in [1.29, 1.82) is 0 Å². The average molecular weight is 879 g/mol. The highest BCUT2D eigenvalue weighted by Crippen LogP contribution is 2.19. The molecule has 1 amide bonds. The molecule has 62 heavy (non-hydrogen) atoms. The van der Waals surface area contributed by atoms with Crippen molar-refractivity contribution in [3.05, 3.63) is 0 Å². The quantitative estimate of drug-likeness (QED) is 0.0418. The maximum Gasteiger partial charge on any atom is 0.306 e. The molecule has 0 heterocycles. The van der Waals surface area contributed by atoms with Gasteiger partial charge in [-0.2, -0.15) is 0 Å². The van der Waals surface area contributed by atoms with Crippen LogP contribution in [0.3, 0.4) is 0 Å². The number of nitrogens with one attached hydrogen (secondary N) is 1. The summed E-state index contributed by atoms with van der Waals surface area (Å²) in [4.78, 5) is 26.2. The van der Waals surface area contributed by atoms with Crippen molar-refractivity contribution in [2.45, 2.75) is 341 Å². The molecule has 0 radical (unpaired) electrons. The number of aliphatic hydroxyl groups excluding tert-OH is 2. The van der Waals surface area contributed by atoms with Gasteiger partial charge in [0.1, 0.15) is 6.10 Å². The van der Waals surface area contributed by atoms with E-state index in [0.29, 0.717) is 19.3 Å². The van der Waals surface area contributed by atoms with E-state index in [9.17, 15) is 19.8 Å². The number of unbranched alkanes of at least 4 members (excludes halogenated alkanes) is 40. The number of hydrogen-bond acceptors (Lipinski definition) is 5. The Morgan fingerprint density at radius 3 is 0.984 bits per heavy atom. The number of aliphatic hydroxyl groups is 2. The smallest absolute Gasteiger partial charge is 0.306 e. The van der Waals surface area contributed by atoms with Gasteiger partial charge in [-0.3, -0.25) is 9.59 Å². The van der Waals surface area contributed by atoms with Gasteiger partial charge in [0, 0.05) is 6.42 Å². The van der Waals surface area contributed by atoms with E-state index in [1.807, 2.05) is 0 Å². The number of amides is 1. The molecular formula is C56H111NO5. The summed E-state index contributed by atoms with van der Waals surface area (Å²) in [6.45, 7) is 6.53. The Balaban J connectivity index is 4.44. The van der Waals surface area contributed by atoms with Crippen molar-refractivity contribution in [2.75, 3.05) is 6.61 Å². The zero-order valence-electron chi connectivity index (χ0n) is 42.3. The standard InChI is InChI=1S/C56H111NO5/c1-4-7-10-13-16-19-22-24-26-27-29-31-34-36-39-42-45-48-54(59)53(51-58)57-55(60)50-52(62-56(61)49-46-43-40-37-32-21-18-15-12-9-6-3)47-44-41-38-35-33-30-28-25-23-20-17-14-11-8-5-2/h52-54,58-59H,4-51H2,1-3H3,(H,57,60). The number of ether oxygens (including phenoxy) is 1. The minimum absolute atomic E-state index is 0.0882. The maximum absolute atomic E-state index is 13.2. The lowest BCUT2D eigenvalue weighted by Gasteiger charge is -2.24. The summed E-state index contributed by atoms with van der Waals surface area (Å²) in [5.41, 5.74) is 0. The molecule has 0 saturated heterocycles. The maximum atomic E-state index is 13.2. The topological polar surface area (TPSA) is 95.9 Å². The second-order valence-electron chi connectivity index (χ2n) is 19.7. The van der Waals surface area contributed by atoms with Crippen LogP contribution in [0.5, 0.6) is 0 Å². The van der Waals surface area contributed by atoms with Crippen LogP contribution in [0.4, 0.5) is 0 Å². The van der Waals surface area contributed by atoms with E-state index in [1.165, 1.54) is 231 Å². The first-order valence-electron chi connectivity index (χ1n) is 28.3. The van der Waals surface area contributed by atoms with Gasteiger partial charge in [0.05, 0.1) is 25.2 Å². The van der Waals surface area contributed by atoms with Crippen LogP contribution in [0, 0.1) is 0 Å². The third-order valence-electron chi connectivity index (χ3n) is 13.4. The molecule has 0 rings (SSSR count). The van der Waals surface area contributed by atoms with Crippen molar-refractivity contribution < 1.29 is 24.5 Å². The molecule has 0 bridgehead atoms. The van der Waals surface area contributed by atoms with Gasteiger partial charge >= 0.3 is 5.97 Å². The molecule has 0 spiro atoms. The van der Waals surface area contributed by atoms with Crippen molar-refractivity contribution in [3.8, 4) is 0 Å². The van der Waals surface area contributed by atoms with Crippen LogP contribution in [0.15, 0.2) is 0 Å². The highest BCUT2D eigenvalue weighted by atomic mass is 16.5. The van der Waals surface area contributed by atoms with E-state index in [0.717, 1.165) is 44.9 Å². The number of rotatable bonds is 52. The molecule has 0 aliphatic rings. The highest BCUT2D eigenvalue weighted by molar-refractivity contribution is 5.77. The molecule has 0 aromatic rings. The van der Waals surface area contributed by atoms with E-state index in [-0.39, 0.29) is 24.9 Å². The first-order valence-corrected chi connectivity index (χ1v) is 28.3. The Labute approximate surface area is 387 Å². The molecular weight excluding hydrogens is 767 g/mol. The van der Waals surface area contributed by atoms with Crippen LogP contribution in [0.2, 0.25) is 0 Å². The number of hydrogen-bond donors (Lipinski definition) is 3. The Kier molecular flexibility index (Phi) is 49.9. The fourth-order valence-electron chi connectivity index (χ4n) is 9.14. The van der Waals surface area contributed by atoms with Crippen LogP contribution >= 0.6 is 0 Å². The molecule has 0 aromatic carbocycles. The lowest BCUT2D eigenvalue weighted by Crippen LogP contribution is -2.46.